The second-order valence-corrected chi connectivity index (χ2v) is 4.81. The number of para-hydroxylation sites is 1. The SMILES string of the molecule is CNCc1cccc(Oc2cc(C)ccc2[N+](=O)[O-])c1OC. The molecule has 2 aromatic rings. The van der Waals surface area contributed by atoms with Crippen LogP contribution in [0.5, 0.6) is 17.2 Å². The molecule has 0 aliphatic rings. The van der Waals surface area contributed by atoms with E-state index >= 15 is 0 Å². The van der Waals surface area contributed by atoms with Gasteiger partial charge in [-0.15, -0.1) is 0 Å². The van der Waals surface area contributed by atoms with Gasteiger partial charge in [-0.1, -0.05) is 18.2 Å². The molecule has 0 saturated carbocycles. The van der Waals surface area contributed by atoms with E-state index in [0.717, 1.165) is 11.1 Å². The fraction of sp³-hybridized carbons (Fsp3) is 0.250. The van der Waals surface area contributed by atoms with Gasteiger partial charge in [-0.05, 0) is 31.7 Å². The van der Waals surface area contributed by atoms with Crippen LogP contribution in [0, 0.1) is 17.0 Å². The van der Waals surface area contributed by atoms with Crippen LogP contribution in [0.4, 0.5) is 5.69 Å². The van der Waals surface area contributed by atoms with E-state index in [0.29, 0.717) is 18.0 Å². The third kappa shape index (κ3) is 3.35. The quantitative estimate of drug-likeness (QED) is 0.653. The first-order valence-corrected chi connectivity index (χ1v) is 6.80. The van der Waals surface area contributed by atoms with Gasteiger partial charge in [0.1, 0.15) is 0 Å². The smallest absolute Gasteiger partial charge is 0.311 e. The molecule has 0 heterocycles. The number of aryl methyl sites for hydroxylation is 1. The van der Waals surface area contributed by atoms with E-state index in [-0.39, 0.29) is 11.4 Å². The molecule has 116 valence electrons. The summed E-state index contributed by atoms with van der Waals surface area (Å²) in [7, 11) is 3.38. The van der Waals surface area contributed by atoms with Crippen LogP contribution in [0.2, 0.25) is 0 Å². The number of nitrogens with zero attached hydrogens (tertiary/aromatic N) is 1. The van der Waals surface area contributed by atoms with Gasteiger partial charge in [0.15, 0.2) is 11.5 Å². The van der Waals surface area contributed by atoms with E-state index in [1.54, 1.807) is 25.3 Å². The summed E-state index contributed by atoms with van der Waals surface area (Å²) < 4.78 is 11.2. The van der Waals surface area contributed by atoms with Crippen molar-refractivity contribution in [2.45, 2.75) is 13.5 Å². The summed E-state index contributed by atoms with van der Waals surface area (Å²) in [6.45, 7) is 2.46. The lowest BCUT2D eigenvalue weighted by atomic mass is 10.1. The second kappa shape index (κ2) is 6.91. The first-order chi connectivity index (χ1) is 10.6. The fourth-order valence-electron chi connectivity index (χ4n) is 2.18. The number of nitro groups is 1. The topological polar surface area (TPSA) is 73.6 Å². The zero-order chi connectivity index (χ0) is 16.1. The van der Waals surface area contributed by atoms with Crippen molar-refractivity contribution >= 4 is 5.69 Å². The summed E-state index contributed by atoms with van der Waals surface area (Å²) in [6.07, 6.45) is 0. The lowest BCUT2D eigenvalue weighted by molar-refractivity contribution is -0.385. The Balaban J connectivity index is 2.45. The molecule has 6 heteroatoms. The van der Waals surface area contributed by atoms with Crippen LogP contribution in [-0.2, 0) is 6.54 Å². The van der Waals surface area contributed by atoms with Crippen LogP contribution < -0.4 is 14.8 Å². The molecule has 22 heavy (non-hydrogen) atoms. The summed E-state index contributed by atoms with van der Waals surface area (Å²) in [5.74, 6) is 1.21. The molecule has 2 aromatic carbocycles. The molecular weight excluding hydrogens is 284 g/mol. The second-order valence-electron chi connectivity index (χ2n) is 4.81. The Morgan fingerprint density at radius 2 is 2.00 bits per heavy atom. The average Bonchev–Trinajstić information content (AvgIpc) is 2.47. The molecule has 2 rings (SSSR count). The highest BCUT2D eigenvalue weighted by atomic mass is 16.6. The minimum absolute atomic E-state index is 0.0772. The highest BCUT2D eigenvalue weighted by molar-refractivity contribution is 5.54. The normalized spacial score (nSPS) is 10.3. The Labute approximate surface area is 128 Å². The van der Waals surface area contributed by atoms with Gasteiger partial charge >= 0.3 is 5.69 Å². The van der Waals surface area contributed by atoms with Crippen molar-refractivity contribution in [3.8, 4) is 17.2 Å². The van der Waals surface area contributed by atoms with Crippen molar-refractivity contribution in [1.82, 2.24) is 5.32 Å². The molecule has 0 radical (unpaired) electrons. The number of ether oxygens (including phenoxy) is 2. The highest BCUT2D eigenvalue weighted by Gasteiger charge is 2.18. The Morgan fingerprint density at radius 3 is 2.64 bits per heavy atom. The van der Waals surface area contributed by atoms with Crippen LogP contribution in [0.15, 0.2) is 36.4 Å². The standard InChI is InChI=1S/C16H18N2O4/c1-11-7-8-13(18(19)20)15(9-11)22-14-6-4-5-12(10-17-2)16(14)21-3/h4-9,17H,10H2,1-3H3. The van der Waals surface area contributed by atoms with E-state index in [1.165, 1.54) is 6.07 Å². The number of rotatable bonds is 6. The van der Waals surface area contributed by atoms with Crippen molar-refractivity contribution in [3.63, 3.8) is 0 Å². The van der Waals surface area contributed by atoms with Gasteiger partial charge < -0.3 is 14.8 Å². The summed E-state index contributed by atoms with van der Waals surface area (Å²) >= 11 is 0. The third-order valence-corrected chi connectivity index (χ3v) is 3.16. The monoisotopic (exact) mass is 302 g/mol. The van der Waals surface area contributed by atoms with Crippen molar-refractivity contribution < 1.29 is 14.4 Å². The maximum absolute atomic E-state index is 11.1. The van der Waals surface area contributed by atoms with E-state index in [9.17, 15) is 10.1 Å². The largest absolute Gasteiger partial charge is 0.492 e. The number of hydrogen-bond acceptors (Lipinski definition) is 5. The summed E-state index contributed by atoms with van der Waals surface area (Å²) in [5.41, 5.74) is 1.72. The number of nitrogens with one attached hydrogen (secondary N) is 1. The van der Waals surface area contributed by atoms with Crippen molar-refractivity contribution in [3.05, 3.63) is 57.6 Å². The minimum atomic E-state index is -0.460. The van der Waals surface area contributed by atoms with Gasteiger partial charge in [-0.25, -0.2) is 0 Å². The Kier molecular flexibility index (Phi) is 4.95. The van der Waals surface area contributed by atoms with Crippen LogP contribution in [0.1, 0.15) is 11.1 Å². The number of nitro benzene ring substituents is 1. The fourth-order valence-corrected chi connectivity index (χ4v) is 2.18. The van der Waals surface area contributed by atoms with Gasteiger partial charge in [-0.3, -0.25) is 10.1 Å². The first-order valence-electron chi connectivity index (χ1n) is 6.80. The summed E-state index contributed by atoms with van der Waals surface area (Å²) in [6, 6.07) is 10.2. The van der Waals surface area contributed by atoms with Gasteiger partial charge in [-0.2, -0.15) is 0 Å². The highest BCUT2D eigenvalue weighted by Crippen LogP contribution is 2.38. The van der Waals surface area contributed by atoms with E-state index in [1.807, 2.05) is 26.1 Å². The molecule has 0 bridgehead atoms. The lowest BCUT2D eigenvalue weighted by Gasteiger charge is -2.14. The van der Waals surface area contributed by atoms with E-state index < -0.39 is 4.92 Å². The molecule has 0 aliphatic carbocycles. The molecule has 0 fully saturated rings. The van der Waals surface area contributed by atoms with Crippen LogP contribution in [0.25, 0.3) is 0 Å². The summed E-state index contributed by atoms with van der Waals surface area (Å²) in [5, 5.41) is 14.2. The molecule has 0 unspecified atom stereocenters. The van der Waals surface area contributed by atoms with Crippen molar-refractivity contribution in [2.75, 3.05) is 14.2 Å². The molecule has 0 atom stereocenters. The molecule has 6 nitrogen and oxygen atoms in total. The van der Waals surface area contributed by atoms with Crippen LogP contribution in [0.3, 0.4) is 0 Å². The predicted molar refractivity (Wildman–Crippen MR) is 83.7 cm³/mol. The zero-order valence-electron chi connectivity index (χ0n) is 12.8. The van der Waals surface area contributed by atoms with Crippen molar-refractivity contribution in [1.29, 1.82) is 0 Å². The predicted octanol–water partition coefficient (Wildman–Crippen LogP) is 3.42. The molecule has 0 amide bonds. The molecule has 0 saturated heterocycles. The van der Waals surface area contributed by atoms with E-state index in [4.69, 9.17) is 9.47 Å². The van der Waals surface area contributed by atoms with Gasteiger partial charge in [0.05, 0.1) is 12.0 Å². The minimum Gasteiger partial charge on any atom is -0.492 e. The van der Waals surface area contributed by atoms with Gasteiger partial charge in [0, 0.05) is 18.2 Å². The third-order valence-electron chi connectivity index (χ3n) is 3.16. The molecule has 0 aromatic heterocycles. The van der Waals surface area contributed by atoms with E-state index in [2.05, 4.69) is 5.32 Å². The van der Waals surface area contributed by atoms with Gasteiger partial charge in [0.2, 0.25) is 5.75 Å². The Morgan fingerprint density at radius 1 is 1.23 bits per heavy atom. The average molecular weight is 302 g/mol. The molecule has 0 aliphatic heterocycles. The Bertz CT molecular complexity index is 686. The van der Waals surface area contributed by atoms with Crippen LogP contribution in [-0.4, -0.2) is 19.1 Å². The zero-order valence-corrected chi connectivity index (χ0v) is 12.8. The van der Waals surface area contributed by atoms with Gasteiger partial charge in [0.25, 0.3) is 0 Å². The Hall–Kier alpha value is -2.60. The molecule has 1 N–H and O–H groups in total. The number of hydrogen-bond donors (Lipinski definition) is 1. The maximum atomic E-state index is 11.1. The first kappa shape index (κ1) is 15.8. The molecule has 0 spiro atoms. The molecular formula is C16H18N2O4. The van der Waals surface area contributed by atoms with Crippen molar-refractivity contribution in [2.24, 2.45) is 0 Å². The lowest BCUT2D eigenvalue weighted by Crippen LogP contribution is -2.07. The number of methoxy groups -OCH3 is 1. The summed E-state index contributed by atoms with van der Waals surface area (Å²) in [4.78, 5) is 10.7. The maximum Gasteiger partial charge on any atom is 0.311 e. The number of benzene rings is 2. The van der Waals surface area contributed by atoms with Crippen LogP contribution >= 0.6 is 0 Å².